The Morgan fingerprint density at radius 2 is 1.00 bits per heavy atom. The molecule has 0 amide bonds. The van der Waals surface area contributed by atoms with Crippen LogP contribution in [0.15, 0.2) is 0 Å². The molecule has 0 heterocycles. The molecule has 0 atom stereocenters. The third-order valence-corrected chi connectivity index (χ3v) is 0. The largest absolute Gasteiger partial charge is 4.00 e. The van der Waals surface area contributed by atoms with Crippen LogP contribution in [0.3, 0.4) is 0 Å². The van der Waals surface area contributed by atoms with Crippen LogP contribution in [0.1, 0.15) is 0 Å². The van der Waals surface area contributed by atoms with Crippen LogP contribution >= 0.6 is 9.19 Å². The van der Waals surface area contributed by atoms with Gasteiger partial charge in [0, 0.05) is 0 Å². The van der Waals surface area contributed by atoms with Gasteiger partial charge in [0.2, 0.25) is 0 Å². The van der Waals surface area contributed by atoms with Gasteiger partial charge in [-0.05, 0) is 0 Å². The molecule has 34 valence electrons. The summed E-state index contributed by atoms with van der Waals surface area (Å²) >= 11 is 2.42. The molecule has 0 fully saturated rings. The summed E-state index contributed by atoms with van der Waals surface area (Å²) in [5, 5.41) is 0. The van der Waals surface area contributed by atoms with Crippen molar-refractivity contribution in [3.63, 3.8) is 0 Å². The topological polar surface area (TPSA) is 57.0 Å². The third-order valence-electron chi connectivity index (χ3n) is 0. The maximum absolute atomic E-state index is 4.45. The molecule has 0 aromatic rings. The van der Waals surface area contributed by atoms with E-state index in [2.05, 4.69) is 29.2 Å². The molecule has 0 aliphatic carbocycles. The SMILES string of the molecule is [Cl][Ag].[O-2].[O-2].[Ti+4]. The van der Waals surface area contributed by atoms with Crippen molar-refractivity contribution in [1.82, 2.24) is 0 Å². The Hall–Kier alpha value is 1.66. The smallest absolute Gasteiger partial charge is 2.00 e. The van der Waals surface area contributed by atoms with Gasteiger partial charge in [0.25, 0.3) is 0 Å². The van der Waals surface area contributed by atoms with Crippen molar-refractivity contribution < 1.29 is 52.7 Å². The summed E-state index contributed by atoms with van der Waals surface area (Å²) in [5.74, 6) is 0. The summed E-state index contributed by atoms with van der Waals surface area (Å²) in [5.41, 5.74) is 0. The Kier molecular flexibility index (Phi) is 268. The van der Waals surface area contributed by atoms with Crippen molar-refractivity contribution in [2.75, 3.05) is 0 Å². The van der Waals surface area contributed by atoms with Crippen LogP contribution < -0.4 is 0 Å². The van der Waals surface area contributed by atoms with Crippen LogP contribution in [0.4, 0.5) is 0 Å². The quantitative estimate of drug-likeness (QED) is 0.535. The minimum Gasteiger partial charge on any atom is -2.00 e. The fourth-order valence-corrected chi connectivity index (χ4v) is 0. The fraction of sp³-hybridized carbons (Fsp3) is 0. The van der Waals surface area contributed by atoms with E-state index in [1.807, 2.05) is 0 Å². The van der Waals surface area contributed by atoms with Crippen LogP contribution in [0.2, 0.25) is 0 Å². The summed E-state index contributed by atoms with van der Waals surface area (Å²) in [6.07, 6.45) is 0. The minimum absolute atomic E-state index is 0. The number of hydrogen-bond donors (Lipinski definition) is 0. The minimum atomic E-state index is 0. The molecule has 0 N–H and O–H groups in total. The first-order valence-corrected chi connectivity index (χ1v) is 2.02. The van der Waals surface area contributed by atoms with Crippen molar-refractivity contribution in [1.29, 1.82) is 0 Å². The average molecular weight is 223 g/mol. The zero-order valence-electron chi connectivity index (χ0n) is 2.00. The Balaban J connectivity index is -0.00000000167. The Bertz CT molecular complexity index is 9.61. The van der Waals surface area contributed by atoms with E-state index in [0.717, 1.165) is 0 Å². The van der Waals surface area contributed by atoms with Gasteiger partial charge in [0.1, 0.15) is 0 Å². The zero-order chi connectivity index (χ0) is 2.00. The van der Waals surface area contributed by atoms with E-state index in [9.17, 15) is 0 Å². The molecule has 0 aliphatic rings. The van der Waals surface area contributed by atoms with Crippen LogP contribution in [-0.4, -0.2) is 0 Å². The molecule has 0 saturated heterocycles. The predicted molar refractivity (Wildman–Crippen MR) is 7.23 cm³/mol. The second-order valence-electron chi connectivity index (χ2n) is 0. The van der Waals surface area contributed by atoms with Crippen molar-refractivity contribution in [2.24, 2.45) is 0 Å². The van der Waals surface area contributed by atoms with Crippen molar-refractivity contribution in [3.8, 4) is 0 Å². The maximum atomic E-state index is 4.45. The van der Waals surface area contributed by atoms with Crippen molar-refractivity contribution in [2.45, 2.75) is 0 Å². The van der Waals surface area contributed by atoms with Gasteiger partial charge in [0.05, 0.1) is 0 Å². The molecular weight excluding hydrogens is 223 g/mol. The molecule has 5 heteroatoms. The molecule has 0 radical (unpaired) electrons. The summed E-state index contributed by atoms with van der Waals surface area (Å²) in [7, 11) is 4.45. The molecule has 0 rings (SSSR count). The second kappa shape index (κ2) is 44.5. The molecule has 2 nitrogen and oxygen atoms in total. The first kappa shape index (κ1) is 30.1. The normalized spacial score (nSPS) is 1.40. The summed E-state index contributed by atoms with van der Waals surface area (Å²) < 4.78 is 0. The van der Waals surface area contributed by atoms with Gasteiger partial charge in [-0.25, -0.2) is 0 Å². The fourth-order valence-electron chi connectivity index (χ4n) is 0. The van der Waals surface area contributed by atoms with E-state index >= 15 is 0 Å². The summed E-state index contributed by atoms with van der Waals surface area (Å²) in [6.45, 7) is 0. The van der Waals surface area contributed by atoms with E-state index in [1.165, 1.54) is 0 Å². The third kappa shape index (κ3) is 27.5. The number of hydrogen-bond acceptors (Lipinski definition) is 0. The molecule has 0 aromatic carbocycles. The number of halogens is 1. The van der Waals surface area contributed by atoms with Crippen LogP contribution in [0.25, 0.3) is 0 Å². The summed E-state index contributed by atoms with van der Waals surface area (Å²) in [4.78, 5) is 0. The molecule has 0 aromatic heterocycles. The van der Waals surface area contributed by atoms with E-state index < -0.39 is 0 Å². The Morgan fingerprint density at radius 3 is 1.00 bits per heavy atom. The van der Waals surface area contributed by atoms with Crippen molar-refractivity contribution in [3.05, 3.63) is 0 Å². The van der Waals surface area contributed by atoms with Gasteiger partial charge in [-0.2, -0.15) is 0 Å². The van der Waals surface area contributed by atoms with Gasteiger partial charge in [-0.3, -0.25) is 0 Å². The zero-order valence-corrected chi connectivity index (χ0v) is 5.80. The number of rotatable bonds is 0. The van der Waals surface area contributed by atoms with Gasteiger partial charge in [-0.1, -0.05) is 0 Å². The van der Waals surface area contributed by atoms with Crippen LogP contribution in [0, 0.1) is 0 Å². The molecule has 0 spiro atoms. The van der Waals surface area contributed by atoms with E-state index in [1.54, 1.807) is 0 Å². The van der Waals surface area contributed by atoms with Crippen LogP contribution in [-0.2, 0) is 52.7 Å². The van der Waals surface area contributed by atoms with Gasteiger partial charge >= 0.3 is 50.9 Å². The summed E-state index contributed by atoms with van der Waals surface area (Å²) in [6, 6.07) is 0. The standard InChI is InChI=1S/Ag.ClH.2O.Ti/h;1H;;;/q+1;;2*-2;+4/p-1. The second-order valence-corrected chi connectivity index (χ2v) is 0. The van der Waals surface area contributed by atoms with E-state index in [0.29, 0.717) is 0 Å². The monoisotopic (exact) mass is 222 g/mol. The van der Waals surface area contributed by atoms with E-state index in [4.69, 9.17) is 0 Å². The maximum Gasteiger partial charge on any atom is 4.00 e. The van der Waals surface area contributed by atoms with E-state index in [-0.39, 0.29) is 32.7 Å². The van der Waals surface area contributed by atoms with Crippen molar-refractivity contribution >= 4 is 9.19 Å². The molecule has 0 unspecified atom stereocenters. The predicted octanol–water partition coefficient (Wildman–Crippen LogP) is 0.447. The van der Waals surface area contributed by atoms with Gasteiger partial charge in [-0.15, -0.1) is 0 Å². The first-order valence-electron chi connectivity index (χ1n) is 0.114. The first-order chi connectivity index (χ1) is 1.00. The van der Waals surface area contributed by atoms with Crippen LogP contribution in [0.5, 0.6) is 0 Å². The molecule has 0 bridgehead atoms. The van der Waals surface area contributed by atoms with Gasteiger partial charge < -0.3 is 11.0 Å². The Morgan fingerprint density at radius 1 is 1.00 bits per heavy atom. The molecule has 0 saturated carbocycles. The van der Waals surface area contributed by atoms with Gasteiger partial charge in [0.15, 0.2) is 0 Å². The molecule has 0 aliphatic heterocycles. The Labute approximate surface area is 61.5 Å². The average Bonchev–Trinajstić information content (AvgIpc) is 1.00. The molecule has 5 heavy (non-hydrogen) atoms. The molecular formula is AgClO2Ti.